The summed E-state index contributed by atoms with van der Waals surface area (Å²) >= 11 is 0. The fourth-order valence-corrected chi connectivity index (χ4v) is 1.64. The van der Waals surface area contributed by atoms with Gasteiger partial charge in [-0.25, -0.2) is 9.59 Å². The number of hydrogen-bond acceptors (Lipinski definition) is 4. The quantitative estimate of drug-likeness (QED) is 0.311. The number of esters is 2. The van der Waals surface area contributed by atoms with Crippen LogP contribution in [-0.2, 0) is 19.1 Å². The molecule has 4 nitrogen and oxygen atoms in total. The largest absolute Gasteiger partial charge is 0.464 e. The lowest BCUT2D eigenvalue weighted by Gasteiger charge is -2.22. The maximum absolute atomic E-state index is 12.2. The molecule has 0 radical (unpaired) electrons. The first-order chi connectivity index (χ1) is 9.44. The molecule has 0 unspecified atom stereocenters. The predicted octanol–water partition coefficient (Wildman–Crippen LogP) is 2.72. The van der Waals surface area contributed by atoms with E-state index in [1.165, 1.54) is 0 Å². The first-order valence-corrected chi connectivity index (χ1v) is 6.89. The topological polar surface area (TPSA) is 52.6 Å². The van der Waals surface area contributed by atoms with Gasteiger partial charge in [-0.05, 0) is 26.7 Å². The summed E-state index contributed by atoms with van der Waals surface area (Å²) in [5.74, 6) is 4.35. The average molecular weight is 280 g/mol. The third-order valence-electron chi connectivity index (χ3n) is 2.53. The van der Waals surface area contributed by atoms with Crippen molar-refractivity contribution in [2.75, 3.05) is 13.2 Å². The van der Waals surface area contributed by atoms with Gasteiger partial charge < -0.3 is 9.47 Å². The van der Waals surface area contributed by atoms with Crippen LogP contribution in [0.4, 0.5) is 0 Å². The van der Waals surface area contributed by atoms with Gasteiger partial charge in [-0.2, -0.15) is 0 Å². The Hall–Kier alpha value is -1.76. The third-order valence-corrected chi connectivity index (χ3v) is 2.53. The third kappa shape index (κ3) is 5.08. The normalized spacial score (nSPS) is 11.1. The molecule has 0 N–H and O–H groups in total. The van der Waals surface area contributed by atoms with E-state index in [1.807, 2.05) is 19.9 Å². The van der Waals surface area contributed by atoms with Crippen molar-refractivity contribution in [3.63, 3.8) is 0 Å². The molecule has 0 aromatic carbocycles. The molecule has 0 saturated heterocycles. The molecule has 0 rings (SSSR count). The fourth-order valence-electron chi connectivity index (χ4n) is 1.64. The van der Waals surface area contributed by atoms with Gasteiger partial charge in [0.2, 0.25) is 5.41 Å². The summed E-state index contributed by atoms with van der Waals surface area (Å²) in [5.41, 5.74) is -1.56. The lowest BCUT2D eigenvalue weighted by atomic mass is 9.84. The Labute approximate surface area is 121 Å². The van der Waals surface area contributed by atoms with Gasteiger partial charge in [-0.3, -0.25) is 0 Å². The highest BCUT2D eigenvalue weighted by atomic mass is 16.6. The molecular weight excluding hydrogens is 256 g/mol. The van der Waals surface area contributed by atoms with E-state index in [2.05, 4.69) is 11.8 Å². The molecule has 0 aliphatic heterocycles. The minimum Gasteiger partial charge on any atom is -0.464 e. The molecular formula is C16H24O4. The number of rotatable bonds is 7. The van der Waals surface area contributed by atoms with Crippen LogP contribution in [0.15, 0.2) is 12.2 Å². The molecule has 0 atom stereocenters. The first-order valence-electron chi connectivity index (χ1n) is 6.89. The van der Waals surface area contributed by atoms with Crippen molar-refractivity contribution in [2.24, 2.45) is 11.3 Å². The zero-order chi connectivity index (χ0) is 15.6. The molecule has 4 heteroatoms. The Morgan fingerprint density at radius 3 is 2.00 bits per heavy atom. The van der Waals surface area contributed by atoms with Crippen molar-refractivity contribution < 1.29 is 19.1 Å². The molecule has 0 aliphatic rings. The lowest BCUT2D eigenvalue weighted by molar-refractivity contribution is -0.167. The summed E-state index contributed by atoms with van der Waals surface area (Å²) in [4.78, 5) is 24.4. The number of ether oxygens (including phenoxy) is 2. The summed E-state index contributed by atoms with van der Waals surface area (Å²) in [6.07, 6.45) is 3.86. The number of hydrogen-bond donors (Lipinski definition) is 0. The average Bonchev–Trinajstić information content (AvgIpc) is 2.37. The molecule has 0 spiro atoms. The first kappa shape index (κ1) is 18.2. The zero-order valence-corrected chi connectivity index (χ0v) is 13.0. The van der Waals surface area contributed by atoms with E-state index in [0.717, 1.165) is 0 Å². The molecule has 0 aliphatic carbocycles. The van der Waals surface area contributed by atoms with E-state index in [-0.39, 0.29) is 19.6 Å². The van der Waals surface area contributed by atoms with Crippen LogP contribution in [0.1, 0.15) is 41.0 Å². The van der Waals surface area contributed by atoms with Crippen LogP contribution in [-0.4, -0.2) is 25.2 Å². The molecule has 0 saturated carbocycles. The van der Waals surface area contributed by atoms with Crippen LogP contribution in [0, 0.1) is 23.2 Å². The SMILES string of the molecule is CC#CC(CC=CC(C)C)(C(=O)OCC)C(=O)OCC. The van der Waals surface area contributed by atoms with Gasteiger partial charge in [0.1, 0.15) is 0 Å². The second kappa shape index (κ2) is 9.19. The van der Waals surface area contributed by atoms with Gasteiger partial charge >= 0.3 is 11.9 Å². The van der Waals surface area contributed by atoms with Gasteiger partial charge in [0.15, 0.2) is 0 Å². The van der Waals surface area contributed by atoms with E-state index in [0.29, 0.717) is 5.92 Å². The highest BCUT2D eigenvalue weighted by Gasteiger charge is 2.46. The molecule has 0 heterocycles. The van der Waals surface area contributed by atoms with Crippen molar-refractivity contribution in [3.8, 4) is 11.8 Å². The van der Waals surface area contributed by atoms with Crippen LogP contribution < -0.4 is 0 Å². The van der Waals surface area contributed by atoms with Gasteiger partial charge in [0, 0.05) is 6.42 Å². The van der Waals surface area contributed by atoms with Crippen LogP contribution in [0.5, 0.6) is 0 Å². The molecule has 0 fully saturated rings. The van der Waals surface area contributed by atoms with Crippen molar-refractivity contribution in [3.05, 3.63) is 12.2 Å². The summed E-state index contributed by atoms with van der Waals surface area (Å²) in [5, 5.41) is 0. The van der Waals surface area contributed by atoms with Gasteiger partial charge in [0.25, 0.3) is 0 Å². The maximum atomic E-state index is 12.2. The maximum Gasteiger partial charge on any atom is 0.336 e. The van der Waals surface area contributed by atoms with Crippen LogP contribution in [0.3, 0.4) is 0 Å². The smallest absolute Gasteiger partial charge is 0.336 e. The molecule has 112 valence electrons. The Bertz CT molecular complexity index is 392. The summed E-state index contributed by atoms with van der Waals surface area (Å²) in [7, 11) is 0. The summed E-state index contributed by atoms with van der Waals surface area (Å²) < 4.78 is 10.0. The van der Waals surface area contributed by atoms with Crippen LogP contribution in [0.2, 0.25) is 0 Å². The van der Waals surface area contributed by atoms with Crippen LogP contribution in [0.25, 0.3) is 0 Å². The fraction of sp³-hybridized carbons (Fsp3) is 0.625. The van der Waals surface area contributed by atoms with Gasteiger partial charge in [-0.1, -0.05) is 31.9 Å². The minimum absolute atomic E-state index is 0.156. The Kier molecular flexibility index (Phi) is 8.38. The van der Waals surface area contributed by atoms with E-state index in [4.69, 9.17) is 9.47 Å². The van der Waals surface area contributed by atoms with Crippen molar-refractivity contribution >= 4 is 11.9 Å². The highest BCUT2D eigenvalue weighted by molar-refractivity contribution is 6.03. The highest BCUT2D eigenvalue weighted by Crippen LogP contribution is 2.27. The predicted molar refractivity (Wildman–Crippen MR) is 77.7 cm³/mol. The number of carbonyl (C=O) groups is 2. The monoisotopic (exact) mass is 280 g/mol. The molecule has 0 amide bonds. The Morgan fingerprint density at radius 1 is 1.15 bits per heavy atom. The van der Waals surface area contributed by atoms with Crippen LogP contribution >= 0.6 is 0 Å². The van der Waals surface area contributed by atoms with E-state index in [9.17, 15) is 9.59 Å². The van der Waals surface area contributed by atoms with E-state index < -0.39 is 17.4 Å². The van der Waals surface area contributed by atoms with Gasteiger partial charge in [-0.15, -0.1) is 5.92 Å². The lowest BCUT2D eigenvalue weighted by Crippen LogP contribution is -2.40. The van der Waals surface area contributed by atoms with E-state index in [1.54, 1.807) is 26.8 Å². The molecule has 0 aromatic heterocycles. The number of carbonyl (C=O) groups excluding carboxylic acids is 2. The Morgan fingerprint density at radius 2 is 1.65 bits per heavy atom. The van der Waals surface area contributed by atoms with Crippen molar-refractivity contribution in [1.82, 2.24) is 0 Å². The standard InChI is InChI=1S/C16H24O4/c1-6-11-16(14(17)19-7-2,15(18)20-8-3)12-9-10-13(4)5/h9-10,13H,7-8,12H2,1-5H3. The molecule has 0 bridgehead atoms. The van der Waals surface area contributed by atoms with E-state index >= 15 is 0 Å². The van der Waals surface area contributed by atoms with Crippen molar-refractivity contribution in [1.29, 1.82) is 0 Å². The summed E-state index contributed by atoms with van der Waals surface area (Å²) in [6.45, 7) is 9.38. The summed E-state index contributed by atoms with van der Waals surface area (Å²) in [6, 6.07) is 0. The minimum atomic E-state index is -1.56. The number of allylic oxidation sites excluding steroid dienone is 2. The second-order valence-corrected chi connectivity index (χ2v) is 4.60. The Balaban J connectivity index is 5.48. The second-order valence-electron chi connectivity index (χ2n) is 4.60. The van der Waals surface area contributed by atoms with Gasteiger partial charge in [0.05, 0.1) is 13.2 Å². The van der Waals surface area contributed by atoms with Crippen molar-refractivity contribution in [2.45, 2.75) is 41.0 Å². The molecule has 0 aromatic rings. The zero-order valence-electron chi connectivity index (χ0n) is 13.0. The molecule has 20 heavy (non-hydrogen) atoms.